The molecule has 10 heteroatoms. The Bertz CT molecular complexity index is 1190. The van der Waals surface area contributed by atoms with Gasteiger partial charge in [-0.2, -0.15) is 0 Å². The molecule has 2 amide bonds. The van der Waals surface area contributed by atoms with Gasteiger partial charge in [0.15, 0.2) is 0 Å². The zero-order chi connectivity index (χ0) is 28.2. The lowest BCUT2D eigenvalue weighted by Crippen LogP contribution is -2.64. The van der Waals surface area contributed by atoms with Crippen LogP contribution in [0.3, 0.4) is 0 Å². The zero-order valence-corrected chi connectivity index (χ0v) is 23.3. The van der Waals surface area contributed by atoms with E-state index in [2.05, 4.69) is 5.32 Å². The lowest BCUT2D eigenvalue weighted by Gasteiger charge is -2.43. The number of nitrogens with zero attached hydrogens (tertiary/aromatic N) is 1. The fraction of sp³-hybridized carbons (Fsp3) is 0.448. The number of nitrogens with one attached hydrogen (secondary N) is 1. The van der Waals surface area contributed by atoms with Crippen LogP contribution in [0.25, 0.3) is 0 Å². The first-order valence-corrected chi connectivity index (χ1v) is 13.8. The summed E-state index contributed by atoms with van der Waals surface area (Å²) in [5, 5.41) is 2.26. The maximum atomic E-state index is 13.1. The minimum atomic E-state index is -0.937. The van der Waals surface area contributed by atoms with Gasteiger partial charge in [0, 0.05) is 4.75 Å². The first kappa shape index (κ1) is 28.5. The van der Waals surface area contributed by atoms with E-state index in [9.17, 15) is 19.2 Å². The summed E-state index contributed by atoms with van der Waals surface area (Å²) in [6, 6.07) is 16.9. The summed E-state index contributed by atoms with van der Waals surface area (Å²) in [6.45, 7) is 7.42. The van der Waals surface area contributed by atoms with Crippen molar-refractivity contribution < 1.29 is 33.4 Å². The molecule has 9 nitrogen and oxygen atoms in total. The van der Waals surface area contributed by atoms with Crippen LogP contribution in [0.5, 0.6) is 0 Å². The third-order valence-electron chi connectivity index (χ3n) is 6.81. The van der Waals surface area contributed by atoms with Crippen LogP contribution in [-0.4, -0.2) is 57.7 Å². The fourth-order valence-corrected chi connectivity index (χ4v) is 6.34. The fourth-order valence-electron chi connectivity index (χ4n) is 4.68. The molecule has 2 aliphatic heterocycles. The average molecular weight is 555 g/mol. The Kier molecular flexibility index (Phi) is 8.84. The summed E-state index contributed by atoms with van der Waals surface area (Å²) in [6.07, 6.45) is -0.731. The standard InChI is InChI=1S/C29H34N2O7S/c1-18(2)22(30-28(35)38-16-20-13-9-6-10-14-20)26(33)37-17-21-24(32)31-23(29(3,4)39-25(21)31)27(34)36-15-19-11-7-5-8-12-19/h5-14,18,21-23,25H,15-17H2,1-4H3,(H,30,35)/t21-,22+,23+,25-/m1/s1. The highest BCUT2D eigenvalue weighted by molar-refractivity contribution is 8.01. The number of fused-ring (bicyclic) bond motifs is 1. The van der Waals surface area contributed by atoms with Crippen LogP contribution < -0.4 is 5.32 Å². The summed E-state index contributed by atoms with van der Waals surface area (Å²) < 4.78 is 15.7. The highest BCUT2D eigenvalue weighted by Gasteiger charge is 2.64. The Hall–Kier alpha value is -3.53. The minimum Gasteiger partial charge on any atom is -0.463 e. The first-order chi connectivity index (χ1) is 18.6. The van der Waals surface area contributed by atoms with Gasteiger partial charge in [-0.15, -0.1) is 11.8 Å². The summed E-state index contributed by atoms with van der Waals surface area (Å²) in [4.78, 5) is 52.7. The average Bonchev–Trinajstić information content (AvgIpc) is 3.17. The number of amides is 2. The van der Waals surface area contributed by atoms with Crippen LogP contribution in [-0.2, 0) is 41.8 Å². The number of hydrogen-bond donors (Lipinski definition) is 1. The van der Waals surface area contributed by atoms with E-state index in [1.807, 2.05) is 74.5 Å². The third-order valence-corrected chi connectivity index (χ3v) is 8.44. The lowest BCUT2D eigenvalue weighted by atomic mass is 9.92. The van der Waals surface area contributed by atoms with Gasteiger partial charge >= 0.3 is 18.0 Å². The first-order valence-electron chi connectivity index (χ1n) is 12.9. The maximum Gasteiger partial charge on any atom is 0.408 e. The highest BCUT2D eigenvalue weighted by atomic mass is 32.2. The molecule has 2 aromatic rings. The molecule has 208 valence electrons. The molecule has 0 unspecified atom stereocenters. The molecule has 2 aromatic carbocycles. The highest BCUT2D eigenvalue weighted by Crippen LogP contribution is 2.53. The minimum absolute atomic E-state index is 0.0720. The molecule has 0 aliphatic carbocycles. The van der Waals surface area contributed by atoms with E-state index in [1.165, 1.54) is 16.7 Å². The molecule has 2 aliphatic rings. The molecule has 2 saturated heterocycles. The van der Waals surface area contributed by atoms with Crippen molar-refractivity contribution in [3.63, 3.8) is 0 Å². The predicted molar refractivity (Wildman–Crippen MR) is 145 cm³/mol. The molecule has 0 spiro atoms. The van der Waals surface area contributed by atoms with Crippen LogP contribution in [0.15, 0.2) is 60.7 Å². The van der Waals surface area contributed by atoms with Crippen molar-refractivity contribution in [2.75, 3.05) is 6.61 Å². The monoisotopic (exact) mass is 554 g/mol. The Balaban J connectivity index is 1.29. The number of carbonyl (C=O) groups excluding carboxylic acids is 4. The van der Waals surface area contributed by atoms with Gasteiger partial charge < -0.3 is 24.4 Å². The van der Waals surface area contributed by atoms with E-state index in [1.54, 1.807) is 13.8 Å². The SMILES string of the molecule is CC(C)[C@H](NC(=O)OCc1ccccc1)C(=O)OC[C@@H]1C(=O)N2[C@@H]1SC(C)(C)[C@@H]2C(=O)OCc1ccccc1. The van der Waals surface area contributed by atoms with E-state index < -0.39 is 40.8 Å². The number of ether oxygens (including phenoxy) is 3. The van der Waals surface area contributed by atoms with Gasteiger partial charge in [0.05, 0.1) is 5.37 Å². The molecule has 39 heavy (non-hydrogen) atoms. The van der Waals surface area contributed by atoms with Crippen molar-refractivity contribution in [1.82, 2.24) is 10.2 Å². The molecule has 0 saturated carbocycles. The Labute approximate surface area is 232 Å². The largest absolute Gasteiger partial charge is 0.463 e. The van der Waals surface area contributed by atoms with E-state index >= 15 is 0 Å². The van der Waals surface area contributed by atoms with Crippen molar-refractivity contribution in [2.24, 2.45) is 11.8 Å². The van der Waals surface area contributed by atoms with E-state index in [0.29, 0.717) is 0 Å². The van der Waals surface area contributed by atoms with Gasteiger partial charge in [-0.3, -0.25) is 4.79 Å². The van der Waals surface area contributed by atoms with Gasteiger partial charge in [0.25, 0.3) is 0 Å². The summed E-state index contributed by atoms with van der Waals surface area (Å²) in [7, 11) is 0. The summed E-state index contributed by atoms with van der Waals surface area (Å²) in [5.74, 6) is -2.21. The van der Waals surface area contributed by atoms with Crippen LogP contribution in [0.1, 0.15) is 38.8 Å². The number of benzene rings is 2. The van der Waals surface area contributed by atoms with Crippen LogP contribution in [0.4, 0.5) is 4.79 Å². The Morgan fingerprint density at radius 1 is 0.923 bits per heavy atom. The van der Waals surface area contributed by atoms with E-state index in [4.69, 9.17) is 14.2 Å². The molecule has 2 fully saturated rings. The number of alkyl carbamates (subject to hydrolysis) is 1. The number of rotatable bonds is 10. The second kappa shape index (κ2) is 12.1. The topological polar surface area (TPSA) is 111 Å². The third kappa shape index (κ3) is 6.55. The van der Waals surface area contributed by atoms with Crippen molar-refractivity contribution in [3.05, 3.63) is 71.8 Å². The second-order valence-corrected chi connectivity index (χ2v) is 12.3. The molecule has 0 aromatic heterocycles. The number of β-lactam (4-membered cyclic amide) rings is 1. The Morgan fingerprint density at radius 3 is 2.05 bits per heavy atom. The van der Waals surface area contributed by atoms with Gasteiger partial charge in [-0.1, -0.05) is 74.5 Å². The molecule has 1 N–H and O–H groups in total. The molecule has 0 bridgehead atoms. The molecule has 4 atom stereocenters. The molecular formula is C29H34N2O7S. The van der Waals surface area contributed by atoms with Gasteiger partial charge in [0.2, 0.25) is 5.91 Å². The van der Waals surface area contributed by atoms with Crippen LogP contribution in [0.2, 0.25) is 0 Å². The van der Waals surface area contributed by atoms with Gasteiger partial charge in [-0.25, -0.2) is 14.4 Å². The summed E-state index contributed by atoms with van der Waals surface area (Å²) >= 11 is 1.49. The van der Waals surface area contributed by atoms with Crippen LogP contribution in [0, 0.1) is 11.8 Å². The number of carbonyl (C=O) groups is 4. The van der Waals surface area contributed by atoms with Gasteiger partial charge in [0.1, 0.15) is 37.8 Å². The quantitative estimate of drug-likeness (QED) is 0.267. The second-order valence-electron chi connectivity index (χ2n) is 10.5. The number of hydrogen-bond acceptors (Lipinski definition) is 8. The molecule has 4 rings (SSSR count). The Morgan fingerprint density at radius 2 is 1.49 bits per heavy atom. The predicted octanol–water partition coefficient (Wildman–Crippen LogP) is 3.90. The van der Waals surface area contributed by atoms with E-state index in [-0.39, 0.29) is 37.0 Å². The maximum absolute atomic E-state index is 13.1. The lowest BCUT2D eigenvalue weighted by molar-refractivity contribution is -0.172. The summed E-state index contributed by atoms with van der Waals surface area (Å²) in [5.41, 5.74) is 1.69. The molecule has 0 radical (unpaired) electrons. The van der Waals surface area contributed by atoms with Gasteiger partial charge in [-0.05, 0) is 30.9 Å². The van der Waals surface area contributed by atoms with Crippen molar-refractivity contribution in [3.8, 4) is 0 Å². The molecular weight excluding hydrogens is 520 g/mol. The van der Waals surface area contributed by atoms with Crippen molar-refractivity contribution in [2.45, 2.75) is 63.1 Å². The smallest absolute Gasteiger partial charge is 0.408 e. The normalized spacial score (nSPS) is 21.9. The number of esters is 2. The number of thioether (sulfide) groups is 1. The van der Waals surface area contributed by atoms with Crippen molar-refractivity contribution in [1.29, 1.82) is 0 Å². The van der Waals surface area contributed by atoms with Crippen LogP contribution >= 0.6 is 11.8 Å². The zero-order valence-electron chi connectivity index (χ0n) is 22.5. The van der Waals surface area contributed by atoms with Crippen molar-refractivity contribution >= 4 is 35.7 Å². The molecule has 2 heterocycles. The van der Waals surface area contributed by atoms with E-state index in [0.717, 1.165) is 11.1 Å².